The van der Waals surface area contributed by atoms with Crippen molar-refractivity contribution in [1.29, 1.82) is 0 Å². The van der Waals surface area contributed by atoms with Gasteiger partial charge in [0.1, 0.15) is 42.3 Å². The quantitative estimate of drug-likeness (QED) is 0.0499. The summed E-state index contributed by atoms with van der Waals surface area (Å²) in [5.41, 5.74) is 6.58. The number of nitrogens with one attached hydrogen (secondary N) is 7. The Morgan fingerprint density at radius 1 is 0.726 bits per heavy atom. The summed E-state index contributed by atoms with van der Waals surface area (Å²) >= 11 is 0. The van der Waals surface area contributed by atoms with Gasteiger partial charge in [-0.2, -0.15) is 0 Å². The van der Waals surface area contributed by atoms with Gasteiger partial charge in [-0.15, -0.1) is 0 Å². The summed E-state index contributed by atoms with van der Waals surface area (Å²) in [6.07, 6.45) is 4.78. The maximum atomic E-state index is 13.5. The molecule has 62 heavy (non-hydrogen) atoms. The number of H-pyrrole nitrogens is 1. The number of hydrogen-bond acceptors (Lipinski definition) is 13. The number of hydrogen-bond donors (Lipinski definition) is 11. The zero-order valence-electron chi connectivity index (χ0n) is 35.8. The van der Waals surface area contributed by atoms with Crippen LogP contribution in [0.15, 0.2) is 12.5 Å². The Morgan fingerprint density at radius 3 is 1.84 bits per heavy atom. The fraction of sp³-hybridized carbons (Fsp3) is 0.692. The molecule has 1 aromatic heterocycles. The van der Waals surface area contributed by atoms with Crippen LogP contribution in [0.4, 0.5) is 0 Å². The van der Waals surface area contributed by atoms with Crippen LogP contribution in [0.3, 0.4) is 0 Å². The predicted molar refractivity (Wildman–Crippen MR) is 219 cm³/mol. The Morgan fingerprint density at radius 2 is 1.27 bits per heavy atom. The van der Waals surface area contributed by atoms with Crippen molar-refractivity contribution in [3.8, 4) is 0 Å². The van der Waals surface area contributed by atoms with Crippen molar-refractivity contribution in [3.63, 3.8) is 0 Å². The summed E-state index contributed by atoms with van der Waals surface area (Å²) < 4.78 is 0. The SMILES string of the molecule is CC(C)C[C@H](NC(=O)[C@H](CO)NC(=O)[C@@H]1CCCN1C(=O)CNC(=O)[C@H](Cc1cnc[nH]1)NC(=O)[C@H](C)NC(=O)[C@@H]1CCCN1C(=O)[C@@H](N)CC(C)C)C(=O)N[C@@H](CO)C(=O)O. The number of aromatic amines is 1. The smallest absolute Gasteiger partial charge is 0.328 e. The van der Waals surface area contributed by atoms with E-state index in [4.69, 9.17) is 5.73 Å². The van der Waals surface area contributed by atoms with Crippen LogP contribution in [0, 0.1) is 11.8 Å². The highest BCUT2D eigenvalue weighted by Crippen LogP contribution is 2.21. The summed E-state index contributed by atoms with van der Waals surface area (Å²) in [4.78, 5) is 127. The molecule has 2 saturated heterocycles. The average molecular weight is 878 g/mol. The molecule has 8 amide bonds. The van der Waals surface area contributed by atoms with E-state index in [-0.39, 0.29) is 43.6 Å². The molecule has 2 fully saturated rings. The standard InChI is InChI=1S/C39H63N11O12/c1-20(2)12-24(40)38(60)50-11-7-9-30(50)36(58)44-22(5)32(54)45-26(14-23-15-41-19-43-23)33(55)42-16-31(53)49-10-6-8-29(49)37(59)47-27(17-51)35(57)46-25(13-21(3)4)34(56)48-28(18-52)39(61)62/h15,19-22,24-30,51-52H,6-14,16-18,40H2,1-5H3,(H,41,43)(H,42,55)(H,44,58)(H,45,54)(H,46,57)(H,47,59)(H,48,56)(H,61,62)/t22-,24-,25-,26-,27-,28-,29-,30-/m0/s1. The third kappa shape index (κ3) is 14.8. The number of carboxylic acids is 1. The van der Waals surface area contributed by atoms with Crippen LogP contribution in [-0.2, 0) is 49.6 Å². The molecule has 3 heterocycles. The fourth-order valence-corrected chi connectivity index (χ4v) is 7.24. The molecular weight excluding hydrogens is 814 g/mol. The van der Waals surface area contributed by atoms with Crippen LogP contribution in [0.5, 0.6) is 0 Å². The molecule has 0 aromatic carbocycles. The molecule has 346 valence electrons. The molecule has 2 aliphatic heterocycles. The predicted octanol–water partition coefficient (Wildman–Crippen LogP) is -4.02. The number of aliphatic hydroxyl groups excluding tert-OH is 2. The van der Waals surface area contributed by atoms with Gasteiger partial charge in [0.2, 0.25) is 47.3 Å². The van der Waals surface area contributed by atoms with Gasteiger partial charge in [-0.3, -0.25) is 38.4 Å². The molecule has 0 saturated carbocycles. The van der Waals surface area contributed by atoms with E-state index in [0.717, 1.165) is 0 Å². The normalized spacial score (nSPS) is 19.1. The summed E-state index contributed by atoms with van der Waals surface area (Å²) in [5.74, 6) is -7.18. The van der Waals surface area contributed by atoms with Crippen molar-refractivity contribution in [1.82, 2.24) is 51.7 Å². The monoisotopic (exact) mass is 877 g/mol. The highest BCUT2D eigenvalue weighted by atomic mass is 16.4. The van der Waals surface area contributed by atoms with Crippen LogP contribution < -0.4 is 37.6 Å². The second-order valence-corrected chi connectivity index (χ2v) is 16.5. The number of nitrogens with zero attached hydrogens (tertiary/aromatic N) is 3. The molecule has 2 aliphatic rings. The lowest BCUT2D eigenvalue weighted by Gasteiger charge is -2.28. The van der Waals surface area contributed by atoms with Crippen LogP contribution in [0.1, 0.15) is 78.8 Å². The lowest BCUT2D eigenvalue weighted by atomic mass is 10.0. The maximum absolute atomic E-state index is 13.5. The van der Waals surface area contributed by atoms with Crippen molar-refractivity contribution in [2.24, 2.45) is 17.6 Å². The molecule has 3 rings (SSSR count). The molecule has 12 N–H and O–H groups in total. The first-order valence-electron chi connectivity index (χ1n) is 20.8. The Kier molecular flexibility index (Phi) is 19.7. The van der Waals surface area contributed by atoms with Gasteiger partial charge in [-0.05, 0) is 57.3 Å². The number of aliphatic hydroxyl groups is 2. The van der Waals surface area contributed by atoms with E-state index in [1.165, 1.54) is 29.2 Å². The number of carboxylic acid groups (broad SMARTS) is 1. The molecule has 0 bridgehead atoms. The number of likely N-dealkylation sites (tertiary alicyclic amines) is 2. The van der Waals surface area contributed by atoms with Crippen LogP contribution in [0.2, 0.25) is 0 Å². The first-order chi connectivity index (χ1) is 29.3. The van der Waals surface area contributed by atoms with Gasteiger partial charge in [-0.25, -0.2) is 9.78 Å². The number of aromatic nitrogens is 2. The van der Waals surface area contributed by atoms with Gasteiger partial charge in [0.15, 0.2) is 0 Å². The van der Waals surface area contributed by atoms with Gasteiger partial charge in [0, 0.05) is 31.4 Å². The summed E-state index contributed by atoms with van der Waals surface area (Å²) in [6, 6.07) is -9.55. The summed E-state index contributed by atoms with van der Waals surface area (Å²) in [6.45, 7) is 6.88. The minimum absolute atomic E-state index is 0.0528. The van der Waals surface area contributed by atoms with Gasteiger partial charge in [-0.1, -0.05) is 27.7 Å². The number of aliphatic carboxylic acids is 1. The van der Waals surface area contributed by atoms with E-state index in [2.05, 4.69) is 41.9 Å². The first-order valence-corrected chi connectivity index (χ1v) is 20.8. The van der Waals surface area contributed by atoms with Crippen molar-refractivity contribution < 1.29 is 58.5 Å². The highest BCUT2D eigenvalue weighted by molar-refractivity contribution is 5.97. The lowest BCUT2D eigenvalue weighted by molar-refractivity contribution is -0.143. The Bertz CT molecular complexity index is 1740. The lowest BCUT2D eigenvalue weighted by Crippen LogP contribution is -2.59. The van der Waals surface area contributed by atoms with Gasteiger partial charge < -0.3 is 67.7 Å². The Labute approximate surface area is 359 Å². The molecule has 0 radical (unpaired) electrons. The molecule has 8 atom stereocenters. The number of imidazole rings is 1. The van der Waals surface area contributed by atoms with E-state index in [0.29, 0.717) is 37.9 Å². The minimum Gasteiger partial charge on any atom is -0.480 e. The van der Waals surface area contributed by atoms with E-state index in [1.807, 2.05) is 13.8 Å². The third-order valence-corrected chi connectivity index (χ3v) is 10.5. The van der Waals surface area contributed by atoms with E-state index in [1.54, 1.807) is 13.8 Å². The van der Waals surface area contributed by atoms with Crippen molar-refractivity contribution >= 4 is 53.2 Å². The first kappa shape index (κ1) is 50.7. The zero-order valence-corrected chi connectivity index (χ0v) is 35.8. The van der Waals surface area contributed by atoms with E-state index < -0.39 is 115 Å². The topological polar surface area (TPSA) is 348 Å². The number of amides is 8. The molecular formula is C39H63N11O12. The molecule has 0 unspecified atom stereocenters. The molecule has 1 aromatic rings. The van der Waals surface area contributed by atoms with Crippen LogP contribution in [-0.4, -0.2) is 169 Å². The number of carbonyl (C=O) groups is 9. The molecule has 0 spiro atoms. The van der Waals surface area contributed by atoms with Crippen LogP contribution in [0.25, 0.3) is 0 Å². The van der Waals surface area contributed by atoms with Crippen LogP contribution >= 0.6 is 0 Å². The van der Waals surface area contributed by atoms with Crippen molar-refractivity contribution in [2.45, 2.75) is 128 Å². The molecule has 23 heteroatoms. The van der Waals surface area contributed by atoms with E-state index >= 15 is 0 Å². The summed E-state index contributed by atoms with van der Waals surface area (Å²) in [7, 11) is 0. The van der Waals surface area contributed by atoms with Crippen molar-refractivity contribution in [3.05, 3.63) is 18.2 Å². The average Bonchev–Trinajstić information content (AvgIpc) is 4.02. The number of carbonyl (C=O) groups excluding carboxylic acids is 8. The second kappa shape index (κ2) is 24.1. The van der Waals surface area contributed by atoms with Crippen molar-refractivity contribution in [2.75, 3.05) is 32.8 Å². The number of rotatable bonds is 23. The van der Waals surface area contributed by atoms with Gasteiger partial charge >= 0.3 is 5.97 Å². The highest BCUT2D eigenvalue weighted by Gasteiger charge is 2.39. The fourth-order valence-electron chi connectivity index (χ4n) is 7.24. The minimum atomic E-state index is -1.63. The van der Waals surface area contributed by atoms with E-state index in [9.17, 15) is 58.5 Å². The number of nitrogens with two attached hydrogens (primary N) is 1. The Hall–Kier alpha value is -5.68. The third-order valence-electron chi connectivity index (χ3n) is 10.5. The summed E-state index contributed by atoms with van der Waals surface area (Å²) in [5, 5.41) is 43.2. The molecule has 23 nitrogen and oxygen atoms in total. The zero-order chi connectivity index (χ0) is 46.3. The van der Waals surface area contributed by atoms with Gasteiger partial charge in [0.25, 0.3) is 0 Å². The largest absolute Gasteiger partial charge is 0.480 e. The Balaban J connectivity index is 1.62. The second-order valence-electron chi connectivity index (χ2n) is 16.5. The maximum Gasteiger partial charge on any atom is 0.328 e. The van der Waals surface area contributed by atoms with Gasteiger partial charge in [0.05, 0.1) is 32.1 Å². The molecule has 0 aliphatic carbocycles.